The minimum absolute atomic E-state index is 0.0894. The highest BCUT2D eigenvalue weighted by Crippen LogP contribution is 2.11. The van der Waals surface area contributed by atoms with Gasteiger partial charge >= 0.3 is 6.03 Å². The third kappa shape index (κ3) is 5.64. The van der Waals surface area contributed by atoms with Gasteiger partial charge in [-0.25, -0.2) is 4.79 Å². The van der Waals surface area contributed by atoms with Crippen LogP contribution in [0.25, 0.3) is 0 Å². The third-order valence-corrected chi connectivity index (χ3v) is 3.37. The molecule has 0 aliphatic heterocycles. The van der Waals surface area contributed by atoms with E-state index >= 15 is 0 Å². The molecule has 2 aromatic rings. The molecule has 0 aliphatic carbocycles. The van der Waals surface area contributed by atoms with E-state index in [4.69, 9.17) is 4.74 Å². The summed E-state index contributed by atoms with van der Waals surface area (Å²) in [6, 6.07) is 14.4. The Hall–Kier alpha value is -3.02. The van der Waals surface area contributed by atoms with Gasteiger partial charge in [-0.1, -0.05) is 29.8 Å². The van der Waals surface area contributed by atoms with Gasteiger partial charge in [0.1, 0.15) is 5.75 Å². The molecule has 6 nitrogen and oxygen atoms in total. The monoisotopic (exact) mass is 327 g/mol. The molecule has 6 heteroatoms. The Kier molecular flexibility index (Phi) is 6.19. The smallest absolute Gasteiger partial charge is 0.319 e. The number of hydrogen-bond acceptors (Lipinski definition) is 3. The summed E-state index contributed by atoms with van der Waals surface area (Å²) in [7, 11) is 1.60. The summed E-state index contributed by atoms with van der Waals surface area (Å²) in [5, 5.41) is 7.93. The van der Waals surface area contributed by atoms with Gasteiger partial charge in [0.25, 0.3) is 0 Å². The van der Waals surface area contributed by atoms with Crippen molar-refractivity contribution in [3.63, 3.8) is 0 Å². The number of methoxy groups -OCH3 is 1. The van der Waals surface area contributed by atoms with E-state index in [-0.39, 0.29) is 12.5 Å². The van der Waals surface area contributed by atoms with E-state index in [1.54, 1.807) is 19.2 Å². The van der Waals surface area contributed by atoms with Crippen molar-refractivity contribution in [1.29, 1.82) is 0 Å². The second-order valence-corrected chi connectivity index (χ2v) is 5.30. The number of nitrogens with one attached hydrogen (secondary N) is 3. The number of urea groups is 1. The lowest BCUT2D eigenvalue weighted by Crippen LogP contribution is -2.38. The number of hydrogen-bond donors (Lipinski definition) is 3. The van der Waals surface area contributed by atoms with E-state index in [9.17, 15) is 9.59 Å². The summed E-state index contributed by atoms with van der Waals surface area (Å²) in [5.74, 6) is 0.504. The van der Waals surface area contributed by atoms with Crippen LogP contribution in [-0.2, 0) is 11.3 Å². The normalized spacial score (nSPS) is 9.92. The zero-order chi connectivity index (χ0) is 17.4. The van der Waals surface area contributed by atoms with Gasteiger partial charge in [0, 0.05) is 12.2 Å². The molecular weight excluding hydrogens is 306 g/mol. The Morgan fingerprint density at radius 2 is 1.62 bits per heavy atom. The average molecular weight is 327 g/mol. The largest absolute Gasteiger partial charge is 0.497 e. The summed E-state index contributed by atoms with van der Waals surface area (Å²) < 4.78 is 5.07. The van der Waals surface area contributed by atoms with E-state index in [2.05, 4.69) is 16.0 Å². The first-order valence-electron chi connectivity index (χ1n) is 7.58. The number of ether oxygens (including phenoxy) is 1. The van der Waals surface area contributed by atoms with Gasteiger partial charge in [0.2, 0.25) is 5.91 Å². The first kappa shape index (κ1) is 17.3. The summed E-state index contributed by atoms with van der Waals surface area (Å²) in [4.78, 5) is 23.5. The maximum atomic E-state index is 11.8. The molecule has 0 radical (unpaired) electrons. The second-order valence-electron chi connectivity index (χ2n) is 5.30. The number of rotatable bonds is 6. The zero-order valence-electron chi connectivity index (χ0n) is 13.8. The fourth-order valence-electron chi connectivity index (χ4n) is 1.98. The van der Waals surface area contributed by atoms with Crippen LogP contribution in [0.1, 0.15) is 11.1 Å². The molecule has 0 fully saturated rings. The summed E-state index contributed by atoms with van der Waals surface area (Å²) in [6.45, 7) is 2.27. The predicted molar refractivity (Wildman–Crippen MR) is 93.0 cm³/mol. The highest BCUT2D eigenvalue weighted by atomic mass is 16.5. The summed E-state index contributed by atoms with van der Waals surface area (Å²) >= 11 is 0. The molecule has 2 rings (SSSR count). The number of carbonyl (C=O) groups is 2. The highest BCUT2D eigenvalue weighted by Gasteiger charge is 2.05. The molecule has 3 amide bonds. The fourth-order valence-corrected chi connectivity index (χ4v) is 1.98. The molecule has 0 unspecified atom stereocenters. The number of amides is 3. The molecule has 0 saturated heterocycles. The highest BCUT2D eigenvalue weighted by molar-refractivity contribution is 5.92. The molecule has 0 heterocycles. The van der Waals surface area contributed by atoms with Crippen molar-refractivity contribution in [1.82, 2.24) is 10.6 Å². The van der Waals surface area contributed by atoms with Crippen molar-refractivity contribution < 1.29 is 14.3 Å². The van der Waals surface area contributed by atoms with Crippen LogP contribution in [0.15, 0.2) is 48.5 Å². The van der Waals surface area contributed by atoms with Crippen LogP contribution in [0.3, 0.4) is 0 Å². The quantitative estimate of drug-likeness (QED) is 0.762. The maximum absolute atomic E-state index is 11.8. The minimum atomic E-state index is -0.418. The Morgan fingerprint density at radius 1 is 0.958 bits per heavy atom. The van der Waals surface area contributed by atoms with E-state index < -0.39 is 6.03 Å². The van der Waals surface area contributed by atoms with Crippen LogP contribution >= 0.6 is 0 Å². The standard InChI is InChI=1S/C18H21N3O3/c1-13-3-7-15(8-4-13)21-18(23)20-12-17(22)19-11-14-5-9-16(24-2)10-6-14/h3-10H,11-12H2,1-2H3,(H,19,22)(H2,20,21,23). The first-order chi connectivity index (χ1) is 11.6. The van der Waals surface area contributed by atoms with Crippen molar-refractivity contribution in [2.45, 2.75) is 13.5 Å². The van der Waals surface area contributed by atoms with Crippen LogP contribution in [0.2, 0.25) is 0 Å². The van der Waals surface area contributed by atoms with E-state index in [0.717, 1.165) is 16.9 Å². The lowest BCUT2D eigenvalue weighted by Gasteiger charge is -2.09. The van der Waals surface area contributed by atoms with Crippen LogP contribution in [0.4, 0.5) is 10.5 Å². The third-order valence-electron chi connectivity index (χ3n) is 3.37. The topological polar surface area (TPSA) is 79.5 Å². The Bertz CT molecular complexity index is 682. The molecule has 0 atom stereocenters. The summed E-state index contributed by atoms with van der Waals surface area (Å²) in [6.07, 6.45) is 0. The Balaban J connectivity index is 1.70. The lowest BCUT2D eigenvalue weighted by molar-refractivity contribution is -0.120. The van der Waals surface area contributed by atoms with Crippen molar-refractivity contribution >= 4 is 17.6 Å². The van der Waals surface area contributed by atoms with Crippen LogP contribution < -0.4 is 20.7 Å². The molecule has 126 valence electrons. The van der Waals surface area contributed by atoms with Gasteiger partial charge in [0.15, 0.2) is 0 Å². The molecule has 3 N–H and O–H groups in total. The van der Waals surface area contributed by atoms with Crippen LogP contribution in [0, 0.1) is 6.92 Å². The number of carbonyl (C=O) groups excluding carboxylic acids is 2. The molecule has 2 aromatic carbocycles. The molecule has 0 aromatic heterocycles. The number of benzene rings is 2. The molecular formula is C18H21N3O3. The van der Waals surface area contributed by atoms with E-state index in [1.807, 2.05) is 43.3 Å². The van der Waals surface area contributed by atoms with Crippen molar-refractivity contribution in [2.24, 2.45) is 0 Å². The van der Waals surface area contributed by atoms with Gasteiger partial charge < -0.3 is 20.7 Å². The van der Waals surface area contributed by atoms with E-state index in [1.165, 1.54) is 0 Å². The number of aryl methyl sites for hydroxylation is 1. The lowest BCUT2D eigenvalue weighted by atomic mass is 10.2. The summed E-state index contributed by atoms with van der Waals surface area (Å²) in [5.41, 5.74) is 2.74. The molecule has 24 heavy (non-hydrogen) atoms. The van der Waals surface area contributed by atoms with E-state index in [0.29, 0.717) is 12.2 Å². The molecule has 0 saturated carbocycles. The SMILES string of the molecule is COc1ccc(CNC(=O)CNC(=O)Nc2ccc(C)cc2)cc1. The maximum Gasteiger partial charge on any atom is 0.319 e. The van der Waals surface area contributed by atoms with Gasteiger partial charge in [-0.3, -0.25) is 4.79 Å². The van der Waals surface area contributed by atoms with Gasteiger partial charge in [-0.2, -0.15) is 0 Å². The predicted octanol–water partition coefficient (Wildman–Crippen LogP) is 2.44. The van der Waals surface area contributed by atoms with Gasteiger partial charge in [-0.05, 0) is 36.8 Å². The molecule has 0 aliphatic rings. The second kappa shape index (κ2) is 8.57. The number of anilines is 1. The van der Waals surface area contributed by atoms with Gasteiger partial charge in [-0.15, -0.1) is 0 Å². The van der Waals surface area contributed by atoms with Crippen LogP contribution in [-0.4, -0.2) is 25.6 Å². The van der Waals surface area contributed by atoms with Crippen molar-refractivity contribution in [3.8, 4) is 5.75 Å². The Labute approximate surface area is 141 Å². The van der Waals surface area contributed by atoms with Gasteiger partial charge in [0.05, 0.1) is 13.7 Å². The van der Waals surface area contributed by atoms with Crippen molar-refractivity contribution in [3.05, 3.63) is 59.7 Å². The molecule has 0 bridgehead atoms. The Morgan fingerprint density at radius 3 is 2.25 bits per heavy atom. The van der Waals surface area contributed by atoms with Crippen LogP contribution in [0.5, 0.6) is 5.75 Å². The molecule has 0 spiro atoms. The fraction of sp³-hybridized carbons (Fsp3) is 0.222. The average Bonchev–Trinajstić information content (AvgIpc) is 2.60. The first-order valence-corrected chi connectivity index (χ1v) is 7.58. The minimum Gasteiger partial charge on any atom is -0.497 e. The van der Waals surface area contributed by atoms with Crippen molar-refractivity contribution in [2.75, 3.05) is 19.0 Å². The zero-order valence-corrected chi connectivity index (χ0v) is 13.8.